The van der Waals surface area contributed by atoms with Crippen molar-refractivity contribution < 1.29 is 9.53 Å². The van der Waals surface area contributed by atoms with Crippen LogP contribution in [0.1, 0.15) is 19.8 Å². The molecule has 1 aliphatic rings. The summed E-state index contributed by atoms with van der Waals surface area (Å²) < 4.78 is 5.78. The van der Waals surface area contributed by atoms with Crippen LogP contribution >= 0.6 is 0 Å². The molecule has 2 heterocycles. The van der Waals surface area contributed by atoms with Crippen LogP contribution in [0.3, 0.4) is 0 Å². The lowest BCUT2D eigenvalue weighted by atomic mass is 9.80. The molecule has 0 atom stereocenters. The first-order valence-corrected chi connectivity index (χ1v) is 7.45. The first-order chi connectivity index (χ1) is 10.6. The maximum absolute atomic E-state index is 11.3. The third-order valence-corrected chi connectivity index (χ3v) is 4.25. The monoisotopic (exact) mass is 300 g/mol. The van der Waals surface area contributed by atoms with E-state index in [-0.39, 0.29) is 5.91 Å². The van der Waals surface area contributed by atoms with Crippen LogP contribution in [-0.2, 0) is 4.79 Å². The molecule has 1 N–H and O–H groups in total. The third kappa shape index (κ3) is 3.10. The summed E-state index contributed by atoms with van der Waals surface area (Å²) in [4.78, 5) is 17.4. The summed E-state index contributed by atoms with van der Waals surface area (Å²) in [7, 11) is 1.86. The molecule has 0 saturated heterocycles. The van der Waals surface area contributed by atoms with Crippen LogP contribution < -0.4 is 4.74 Å². The van der Waals surface area contributed by atoms with Crippen LogP contribution in [0.2, 0.25) is 0 Å². The number of nitrogens with one attached hydrogen (secondary N) is 1. The number of aromatic nitrogens is 3. The zero-order valence-electron chi connectivity index (χ0n) is 12.8. The van der Waals surface area contributed by atoms with Crippen molar-refractivity contribution in [1.29, 1.82) is 0 Å². The largest absolute Gasteiger partial charge is 0.492 e. The molecule has 2 aromatic rings. The SMILES string of the molecule is CC(=O)N(C)[C@H]1C[C@@H](COc2ccc(-c3ccn[nH]3)nc2)C1. The van der Waals surface area contributed by atoms with Gasteiger partial charge >= 0.3 is 0 Å². The van der Waals surface area contributed by atoms with Gasteiger partial charge in [-0.2, -0.15) is 5.10 Å². The van der Waals surface area contributed by atoms with E-state index in [1.54, 1.807) is 19.3 Å². The number of hydrogen-bond acceptors (Lipinski definition) is 4. The summed E-state index contributed by atoms with van der Waals surface area (Å²) in [6.45, 7) is 2.28. The molecule has 1 amide bonds. The molecule has 116 valence electrons. The highest BCUT2D eigenvalue weighted by atomic mass is 16.5. The molecule has 1 saturated carbocycles. The predicted octanol–water partition coefficient (Wildman–Crippen LogP) is 2.11. The van der Waals surface area contributed by atoms with Gasteiger partial charge in [0.1, 0.15) is 5.75 Å². The Labute approximate surface area is 129 Å². The molecule has 22 heavy (non-hydrogen) atoms. The van der Waals surface area contributed by atoms with E-state index in [0.717, 1.165) is 30.0 Å². The van der Waals surface area contributed by atoms with Crippen molar-refractivity contribution in [3.8, 4) is 17.1 Å². The number of hydrogen-bond donors (Lipinski definition) is 1. The molecule has 0 aliphatic heterocycles. The van der Waals surface area contributed by atoms with E-state index >= 15 is 0 Å². The number of aromatic amines is 1. The highest BCUT2D eigenvalue weighted by Crippen LogP contribution is 2.31. The van der Waals surface area contributed by atoms with Gasteiger partial charge < -0.3 is 9.64 Å². The quantitative estimate of drug-likeness (QED) is 0.918. The van der Waals surface area contributed by atoms with Gasteiger partial charge in [-0.1, -0.05) is 0 Å². The van der Waals surface area contributed by atoms with Crippen LogP contribution in [-0.4, -0.2) is 45.7 Å². The Balaban J connectivity index is 1.46. The minimum Gasteiger partial charge on any atom is -0.492 e. The smallest absolute Gasteiger partial charge is 0.219 e. The predicted molar refractivity (Wildman–Crippen MR) is 82.3 cm³/mol. The van der Waals surface area contributed by atoms with Crippen molar-refractivity contribution in [2.24, 2.45) is 5.92 Å². The van der Waals surface area contributed by atoms with E-state index in [1.165, 1.54) is 0 Å². The van der Waals surface area contributed by atoms with Crippen LogP contribution in [0.4, 0.5) is 0 Å². The number of rotatable bonds is 5. The second-order valence-corrected chi connectivity index (χ2v) is 5.78. The molecule has 0 spiro atoms. The molecule has 0 unspecified atom stereocenters. The van der Waals surface area contributed by atoms with E-state index in [2.05, 4.69) is 15.2 Å². The van der Waals surface area contributed by atoms with Gasteiger partial charge in [0, 0.05) is 26.2 Å². The highest BCUT2D eigenvalue weighted by Gasteiger charge is 2.33. The van der Waals surface area contributed by atoms with Gasteiger partial charge in [0.05, 0.1) is 24.2 Å². The normalized spacial score (nSPS) is 20.3. The zero-order chi connectivity index (χ0) is 15.5. The van der Waals surface area contributed by atoms with Crippen molar-refractivity contribution in [2.45, 2.75) is 25.8 Å². The summed E-state index contributed by atoms with van der Waals surface area (Å²) in [6, 6.07) is 6.08. The van der Waals surface area contributed by atoms with Crippen LogP contribution in [0, 0.1) is 5.92 Å². The average molecular weight is 300 g/mol. The Kier molecular flexibility index (Phi) is 4.09. The Bertz CT molecular complexity index is 618. The minimum atomic E-state index is 0.128. The summed E-state index contributed by atoms with van der Waals surface area (Å²) >= 11 is 0. The number of carbonyl (C=O) groups is 1. The van der Waals surface area contributed by atoms with Crippen molar-refractivity contribution in [3.63, 3.8) is 0 Å². The average Bonchev–Trinajstić information content (AvgIpc) is 3.00. The molecule has 0 bridgehead atoms. The van der Waals surface area contributed by atoms with Gasteiger partial charge in [-0.15, -0.1) is 0 Å². The number of H-pyrrole nitrogens is 1. The lowest BCUT2D eigenvalue weighted by Gasteiger charge is -2.40. The van der Waals surface area contributed by atoms with Crippen molar-refractivity contribution in [1.82, 2.24) is 20.1 Å². The van der Waals surface area contributed by atoms with Gasteiger partial charge in [0.2, 0.25) is 5.91 Å². The van der Waals surface area contributed by atoms with Crippen molar-refractivity contribution >= 4 is 5.91 Å². The molecule has 0 radical (unpaired) electrons. The van der Waals surface area contributed by atoms with E-state index in [1.807, 2.05) is 30.1 Å². The number of nitrogens with zero attached hydrogens (tertiary/aromatic N) is 3. The Morgan fingerprint density at radius 2 is 2.23 bits per heavy atom. The fourth-order valence-corrected chi connectivity index (χ4v) is 2.65. The number of pyridine rings is 1. The second kappa shape index (κ2) is 6.17. The molecule has 6 nitrogen and oxygen atoms in total. The molecule has 0 aromatic carbocycles. The summed E-state index contributed by atoms with van der Waals surface area (Å²) in [5.74, 6) is 1.41. The standard InChI is InChI=1S/C16H20N4O2/c1-11(21)20(2)13-7-12(8-13)10-22-14-3-4-15(17-9-14)16-5-6-18-19-16/h3-6,9,12-13H,7-8,10H2,1-2H3,(H,18,19)/t12-,13+. The van der Waals surface area contributed by atoms with Crippen LogP contribution in [0.5, 0.6) is 5.75 Å². The van der Waals surface area contributed by atoms with Gasteiger partial charge in [-0.05, 0) is 37.0 Å². The highest BCUT2D eigenvalue weighted by molar-refractivity contribution is 5.73. The van der Waals surface area contributed by atoms with E-state index < -0.39 is 0 Å². The lowest BCUT2D eigenvalue weighted by Crippen LogP contribution is -2.46. The van der Waals surface area contributed by atoms with E-state index in [4.69, 9.17) is 4.74 Å². The van der Waals surface area contributed by atoms with Crippen LogP contribution in [0.15, 0.2) is 30.6 Å². The number of carbonyl (C=O) groups excluding carboxylic acids is 1. The molecule has 1 aliphatic carbocycles. The Morgan fingerprint density at radius 1 is 1.41 bits per heavy atom. The van der Waals surface area contributed by atoms with Crippen molar-refractivity contribution in [2.75, 3.05) is 13.7 Å². The lowest BCUT2D eigenvalue weighted by molar-refractivity contribution is -0.132. The minimum absolute atomic E-state index is 0.128. The van der Waals surface area contributed by atoms with Crippen LogP contribution in [0.25, 0.3) is 11.4 Å². The first kappa shape index (κ1) is 14.6. The molecule has 2 aromatic heterocycles. The fourth-order valence-electron chi connectivity index (χ4n) is 2.65. The third-order valence-electron chi connectivity index (χ3n) is 4.25. The van der Waals surface area contributed by atoms with Gasteiger partial charge in [-0.3, -0.25) is 14.9 Å². The maximum atomic E-state index is 11.3. The van der Waals surface area contributed by atoms with E-state index in [9.17, 15) is 4.79 Å². The maximum Gasteiger partial charge on any atom is 0.219 e. The molecule has 6 heteroatoms. The van der Waals surface area contributed by atoms with Crippen molar-refractivity contribution in [3.05, 3.63) is 30.6 Å². The van der Waals surface area contributed by atoms with Gasteiger partial charge in [0.25, 0.3) is 0 Å². The Morgan fingerprint density at radius 3 is 2.82 bits per heavy atom. The molecular formula is C16H20N4O2. The first-order valence-electron chi connectivity index (χ1n) is 7.45. The number of amides is 1. The summed E-state index contributed by atoms with van der Waals surface area (Å²) in [5, 5.41) is 6.79. The Hall–Kier alpha value is -2.37. The summed E-state index contributed by atoms with van der Waals surface area (Å²) in [5.41, 5.74) is 1.73. The fraction of sp³-hybridized carbons (Fsp3) is 0.438. The molecule has 3 rings (SSSR count). The molecular weight excluding hydrogens is 280 g/mol. The topological polar surface area (TPSA) is 71.1 Å². The van der Waals surface area contributed by atoms with E-state index in [0.29, 0.717) is 18.6 Å². The summed E-state index contributed by atoms with van der Waals surface area (Å²) in [6.07, 6.45) is 5.45. The van der Waals surface area contributed by atoms with Gasteiger partial charge in [-0.25, -0.2) is 0 Å². The van der Waals surface area contributed by atoms with Gasteiger partial charge in [0.15, 0.2) is 0 Å². The second-order valence-electron chi connectivity index (χ2n) is 5.78. The number of ether oxygens (including phenoxy) is 1. The molecule has 1 fully saturated rings. The zero-order valence-corrected chi connectivity index (χ0v) is 12.8.